The number of fused-ring (bicyclic) bond motifs is 1. The van der Waals surface area contributed by atoms with E-state index in [1.165, 1.54) is 11.1 Å². The third-order valence-corrected chi connectivity index (χ3v) is 11.2. The fraction of sp³-hybridized carbons (Fsp3) is 0.236. The Morgan fingerprint density at radius 1 is 0.583 bits per heavy atom. The molecule has 1 N–H and O–H groups in total. The Balaban J connectivity index is 0.00000595. The average Bonchev–Trinajstić information content (AvgIpc) is 3.62. The maximum absolute atomic E-state index is 11.7. The third kappa shape index (κ3) is 8.41. The molecule has 8 aromatic rings. The van der Waals surface area contributed by atoms with Gasteiger partial charge in [0.25, 0.3) is 0 Å². The number of phenols is 1. The van der Waals surface area contributed by atoms with Crippen molar-refractivity contribution in [2.24, 2.45) is 0 Å². The summed E-state index contributed by atoms with van der Waals surface area (Å²) < 4.78 is 25.6. The summed E-state index contributed by atoms with van der Waals surface area (Å²) in [4.78, 5) is 10.3. The summed E-state index contributed by atoms with van der Waals surface area (Å²) in [5.41, 5.74) is 14.0. The van der Waals surface area contributed by atoms with Crippen molar-refractivity contribution in [3.63, 3.8) is 0 Å². The van der Waals surface area contributed by atoms with Crippen LogP contribution in [0.15, 0.2) is 140 Å². The molecule has 6 aromatic carbocycles. The first-order chi connectivity index (χ1) is 29.2. The Kier molecular flexibility index (Phi) is 10.4. The predicted octanol–water partition coefficient (Wildman–Crippen LogP) is 14.5. The number of aryl methyl sites for hydroxylation is 1. The molecule has 306 valence electrons. The average molecular weight is 971 g/mol. The second-order valence-electron chi connectivity index (χ2n) is 18.7. The van der Waals surface area contributed by atoms with Gasteiger partial charge in [-0.25, -0.2) is 4.98 Å². The van der Waals surface area contributed by atoms with E-state index in [1.807, 2.05) is 36.4 Å². The zero-order valence-electron chi connectivity index (χ0n) is 38.9. The van der Waals surface area contributed by atoms with E-state index in [0.717, 1.165) is 66.9 Å². The maximum atomic E-state index is 11.7. The number of hydrogen-bond donors (Lipinski definition) is 1. The summed E-state index contributed by atoms with van der Waals surface area (Å²) in [5.74, 6) is 0.810. The number of hydrogen-bond acceptors (Lipinski definition) is 3. The van der Waals surface area contributed by atoms with E-state index in [9.17, 15) is 5.11 Å². The SMILES string of the molecule is [2H]C([2H])([2H])c1ccc(-c2ccnc(-c3[c-]c(-c4cccc5c4nc(-c4cc(C(C)(C)C)ccc4O)n5-c4ccc(-c5ccccc5)c(C(C)(C)C)c4)cc(C(C)(C)C)c3)c2)cc1.[Pt]. The minimum absolute atomic E-state index is 0. The van der Waals surface area contributed by atoms with Gasteiger partial charge in [-0.2, -0.15) is 0 Å². The second kappa shape index (κ2) is 16.1. The van der Waals surface area contributed by atoms with Gasteiger partial charge in [0.2, 0.25) is 0 Å². The molecule has 0 aliphatic carbocycles. The summed E-state index contributed by atoms with van der Waals surface area (Å²) in [6, 6.07) is 48.5. The standard InChI is InChI=1S/C55H54N3O.Pt/c1-35-19-21-36(22-20-35)38-27-28-56-48(32-38)40-29-39(30-42(31-40)54(5,6)7)45-17-14-18-49-51(45)57-52(46-33-41(53(2,3)4)23-26-50(46)59)58(49)43-24-25-44(37-15-12-11-13-16-37)47(34-43)55(8,9)10;/h11-28,30-34,59H,1-10H3;/q-1;/i1D3;. The smallest absolute Gasteiger partial charge is 0.148 e. The van der Waals surface area contributed by atoms with E-state index in [0.29, 0.717) is 17.0 Å². The van der Waals surface area contributed by atoms with E-state index in [-0.39, 0.29) is 43.1 Å². The molecule has 0 saturated heterocycles. The van der Waals surface area contributed by atoms with Crippen molar-refractivity contribution >= 4 is 11.0 Å². The van der Waals surface area contributed by atoms with E-state index in [4.69, 9.17) is 14.1 Å². The summed E-state index contributed by atoms with van der Waals surface area (Å²) in [6.07, 6.45) is 1.79. The van der Waals surface area contributed by atoms with Crippen LogP contribution in [0.25, 0.3) is 72.7 Å². The Labute approximate surface area is 374 Å². The largest absolute Gasteiger partial charge is 0.507 e. The minimum Gasteiger partial charge on any atom is -0.507 e. The molecule has 8 rings (SSSR count). The molecule has 0 atom stereocenters. The van der Waals surface area contributed by atoms with Crippen LogP contribution < -0.4 is 0 Å². The van der Waals surface area contributed by atoms with Crippen LogP contribution >= 0.6 is 0 Å². The molecule has 0 fully saturated rings. The van der Waals surface area contributed by atoms with E-state index >= 15 is 0 Å². The van der Waals surface area contributed by atoms with Gasteiger partial charge in [-0.15, -0.1) is 29.3 Å². The fourth-order valence-electron chi connectivity index (χ4n) is 7.81. The Hall–Kier alpha value is -5.57. The van der Waals surface area contributed by atoms with Gasteiger partial charge in [-0.3, -0.25) is 9.55 Å². The van der Waals surface area contributed by atoms with Crippen LogP contribution in [0.3, 0.4) is 0 Å². The fourth-order valence-corrected chi connectivity index (χ4v) is 7.81. The number of phenolic OH excluding ortho intramolecular Hbond substituents is 1. The first kappa shape index (κ1) is 38.6. The van der Waals surface area contributed by atoms with Crippen molar-refractivity contribution in [2.45, 2.75) is 85.4 Å². The van der Waals surface area contributed by atoms with Gasteiger partial charge in [0.05, 0.1) is 16.6 Å². The molecule has 0 aliphatic rings. The monoisotopic (exact) mass is 970 g/mol. The van der Waals surface area contributed by atoms with Gasteiger partial charge in [-0.1, -0.05) is 164 Å². The Morgan fingerprint density at radius 2 is 1.30 bits per heavy atom. The maximum Gasteiger partial charge on any atom is 0.148 e. The number of para-hydroxylation sites is 1. The van der Waals surface area contributed by atoms with Crippen LogP contribution in [-0.2, 0) is 37.3 Å². The Morgan fingerprint density at radius 3 is 1.98 bits per heavy atom. The van der Waals surface area contributed by atoms with Crippen LogP contribution in [-0.4, -0.2) is 19.6 Å². The molecule has 0 spiro atoms. The number of aromatic nitrogens is 3. The van der Waals surface area contributed by atoms with Gasteiger partial charge in [0.15, 0.2) is 0 Å². The molecular weight excluding hydrogens is 914 g/mol. The molecule has 60 heavy (non-hydrogen) atoms. The summed E-state index contributed by atoms with van der Waals surface area (Å²) in [7, 11) is 0. The summed E-state index contributed by atoms with van der Waals surface area (Å²) in [5, 5.41) is 11.7. The van der Waals surface area contributed by atoms with Crippen molar-refractivity contribution in [3.8, 4) is 67.5 Å². The molecular formula is C55H54N3OPt-. The number of nitrogens with zero attached hydrogens (tertiary/aromatic N) is 3. The molecule has 2 heterocycles. The zero-order chi connectivity index (χ0) is 44.4. The van der Waals surface area contributed by atoms with Gasteiger partial charge >= 0.3 is 0 Å². The molecule has 0 aliphatic heterocycles. The van der Waals surface area contributed by atoms with Crippen LogP contribution in [0.4, 0.5) is 0 Å². The van der Waals surface area contributed by atoms with Crippen LogP contribution in [0.2, 0.25) is 0 Å². The number of pyridine rings is 1. The van der Waals surface area contributed by atoms with E-state index < -0.39 is 6.85 Å². The van der Waals surface area contributed by atoms with Gasteiger partial charge < -0.3 is 5.11 Å². The zero-order valence-corrected chi connectivity index (χ0v) is 38.2. The topological polar surface area (TPSA) is 50.9 Å². The second-order valence-corrected chi connectivity index (χ2v) is 18.7. The molecule has 2 aromatic heterocycles. The number of rotatable bonds is 6. The summed E-state index contributed by atoms with van der Waals surface area (Å²) in [6.45, 7) is 17.7. The first-order valence-electron chi connectivity index (χ1n) is 21.9. The van der Waals surface area contributed by atoms with Gasteiger partial charge in [0, 0.05) is 42.8 Å². The van der Waals surface area contributed by atoms with Crippen molar-refractivity contribution in [3.05, 3.63) is 168 Å². The molecule has 4 nitrogen and oxygen atoms in total. The van der Waals surface area contributed by atoms with Crippen molar-refractivity contribution in [1.29, 1.82) is 0 Å². The predicted molar refractivity (Wildman–Crippen MR) is 247 cm³/mol. The first-order valence-corrected chi connectivity index (χ1v) is 20.4. The number of imidazole rings is 1. The molecule has 0 saturated carbocycles. The molecule has 0 unspecified atom stereocenters. The van der Waals surface area contributed by atoms with Gasteiger partial charge in [-0.05, 0) is 92.9 Å². The quantitative estimate of drug-likeness (QED) is 0.169. The van der Waals surface area contributed by atoms with E-state index in [1.54, 1.807) is 24.4 Å². The van der Waals surface area contributed by atoms with Crippen molar-refractivity contribution < 1.29 is 30.3 Å². The van der Waals surface area contributed by atoms with Crippen molar-refractivity contribution in [1.82, 2.24) is 14.5 Å². The Bertz CT molecular complexity index is 2950. The van der Waals surface area contributed by atoms with E-state index in [2.05, 4.69) is 152 Å². The van der Waals surface area contributed by atoms with Gasteiger partial charge in [0.1, 0.15) is 11.6 Å². The molecule has 0 radical (unpaired) electrons. The number of benzene rings is 6. The van der Waals surface area contributed by atoms with Crippen LogP contribution in [0.1, 0.15) is 88.7 Å². The van der Waals surface area contributed by atoms with Crippen LogP contribution in [0, 0.1) is 12.9 Å². The summed E-state index contributed by atoms with van der Waals surface area (Å²) >= 11 is 0. The molecule has 5 heteroatoms. The minimum atomic E-state index is -2.17. The van der Waals surface area contributed by atoms with Crippen LogP contribution in [0.5, 0.6) is 5.75 Å². The number of aromatic hydroxyl groups is 1. The van der Waals surface area contributed by atoms with Crippen molar-refractivity contribution in [2.75, 3.05) is 0 Å². The molecule has 0 amide bonds. The molecule has 0 bridgehead atoms. The third-order valence-electron chi connectivity index (χ3n) is 11.2. The normalized spacial score (nSPS) is 13.1.